The van der Waals surface area contributed by atoms with Crippen molar-refractivity contribution in [3.63, 3.8) is 0 Å². The Bertz CT molecular complexity index is 399. The first-order chi connectivity index (χ1) is 10.3. The molecule has 1 aromatic carbocycles. The van der Waals surface area contributed by atoms with Gasteiger partial charge in [-0.25, -0.2) is 4.79 Å². The molecule has 0 heterocycles. The summed E-state index contributed by atoms with van der Waals surface area (Å²) < 4.78 is 0. The van der Waals surface area contributed by atoms with Gasteiger partial charge in [-0.2, -0.15) is 0 Å². The van der Waals surface area contributed by atoms with E-state index in [0.29, 0.717) is 6.54 Å². The Kier molecular flexibility index (Phi) is 7.13. The minimum absolute atomic E-state index is 0.0328. The predicted molar refractivity (Wildman–Crippen MR) is 87.4 cm³/mol. The molecule has 0 atom stereocenters. The Morgan fingerprint density at radius 2 is 1.71 bits per heavy atom. The number of nitrogens with one attached hydrogen (secondary N) is 2. The Morgan fingerprint density at radius 3 is 2.48 bits per heavy atom. The van der Waals surface area contributed by atoms with E-state index in [9.17, 15) is 4.79 Å². The van der Waals surface area contributed by atoms with Gasteiger partial charge in [0, 0.05) is 13.1 Å². The number of carbonyl (C=O) groups excluding carboxylic acids is 1. The molecule has 0 unspecified atom stereocenters. The van der Waals surface area contributed by atoms with E-state index < -0.39 is 0 Å². The van der Waals surface area contributed by atoms with Crippen molar-refractivity contribution in [2.24, 2.45) is 5.92 Å². The molecule has 116 valence electrons. The van der Waals surface area contributed by atoms with E-state index in [-0.39, 0.29) is 6.03 Å². The van der Waals surface area contributed by atoms with Crippen molar-refractivity contribution >= 4 is 6.03 Å². The standard InChI is InChI=1S/C18H28N2O/c21-18(20-15-13-17-10-5-2-6-11-17)19-14-7-12-16-8-3-1-4-9-16/h2,5-6,10-11,16H,1,3-4,7-9,12-15H2,(H2,19,20,21). The second-order valence-electron chi connectivity index (χ2n) is 6.06. The lowest BCUT2D eigenvalue weighted by Crippen LogP contribution is -2.37. The molecule has 1 aliphatic rings. The molecule has 0 radical (unpaired) electrons. The monoisotopic (exact) mass is 288 g/mol. The van der Waals surface area contributed by atoms with E-state index in [2.05, 4.69) is 22.8 Å². The zero-order valence-corrected chi connectivity index (χ0v) is 12.9. The highest BCUT2D eigenvalue weighted by molar-refractivity contribution is 5.73. The van der Waals surface area contributed by atoms with Crippen LogP contribution in [0.25, 0.3) is 0 Å². The van der Waals surface area contributed by atoms with Crippen LogP contribution in [0.15, 0.2) is 30.3 Å². The SMILES string of the molecule is O=C(NCCCC1CCCCC1)NCCc1ccccc1. The topological polar surface area (TPSA) is 41.1 Å². The second kappa shape index (κ2) is 9.43. The van der Waals surface area contributed by atoms with Crippen molar-refractivity contribution in [3.05, 3.63) is 35.9 Å². The molecule has 3 nitrogen and oxygen atoms in total. The number of benzene rings is 1. The van der Waals surface area contributed by atoms with Gasteiger partial charge in [0.1, 0.15) is 0 Å². The maximum atomic E-state index is 11.7. The molecule has 0 spiro atoms. The molecule has 1 aromatic rings. The summed E-state index contributed by atoms with van der Waals surface area (Å²) in [5, 5.41) is 5.88. The summed E-state index contributed by atoms with van der Waals surface area (Å²) in [6.45, 7) is 1.49. The van der Waals surface area contributed by atoms with Crippen LogP contribution >= 0.6 is 0 Å². The molecule has 3 heteroatoms. The van der Waals surface area contributed by atoms with Crippen molar-refractivity contribution in [2.75, 3.05) is 13.1 Å². The third-order valence-electron chi connectivity index (χ3n) is 4.34. The molecule has 1 fully saturated rings. The van der Waals surface area contributed by atoms with Crippen LogP contribution in [0.1, 0.15) is 50.5 Å². The lowest BCUT2D eigenvalue weighted by atomic mass is 9.86. The molecule has 21 heavy (non-hydrogen) atoms. The first kappa shape index (κ1) is 15.9. The fourth-order valence-corrected chi connectivity index (χ4v) is 3.10. The summed E-state index contributed by atoms with van der Waals surface area (Å²) in [7, 11) is 0. The van der Waals surface area contributed by atoms with E-state index in [1.165, 1.54) is 44.1 Å². The van der Waals surface area contributed by atoms with Crippen LogP contribution in [0.3, 0.4) is 0 Å². The van der Waals surface area contributed by atoms with Gasteiger partial charge in [0.25, 0.3) is 0 Å². The quantitative estimate of drug-likeness (QED) is 0.734. The van der Waals surface area contributed by atoms with Crippen molar-refractivity contribution in [2.45, 2.75) is 51.4 Å². The molecule has 1 aliphatic carbocycles. The molecular formula is C18H28N2O. The largest absolute Gasteiger partial charge is 0.338 e. The lowest BCUT2D eigenvalue weighted by Gasteiger charge is -2.21. The molecule has 1 saturated carbocycles. The van der Waals surface area contributed by atoms with Crippen molar-refractivity contribution in [1.82, 2.24) is 10.6 Å². The number of amides is 2. The van der Waals surface area contributed by atoms with Gasteiger partial charge >= 0.3 is 6.03 Å². The highest BCUT2D eigenvalue weighted by atomic mass is 16.2. The van der Waals surface area contributed by atoms with Gasteiger partial charge < -0.3 is 10.6 Å². The molecule has 0 bridgehead atoms. The van der Waals surface area contributed by atoms with Crippen LogP contribution in [0.4, 0.5) is 4.79 Å². The summed E-state index contributed by atoms with van der Waals surface area (Å²) in [6, 6.07) is 10.2. The number of rotatable bonds is 7. The van der Waals surface area contributed by atoms with E-state index >= 15 is 0 Å². The number of hydrogen-bond donors (Lipinski definition) is 2. The second-order valence-corrected chi connectivity index (χ2v) is 6.06. The average molecular weight is 288 g/mol. The third kappa shape index (κ3) is 6.65. The van der Waals surface area contributed by atoms with Crippen LogP contribution in [-0.4, -0.2) is 19.1 Å². The maximum Gasteiger partial charge on any atom is 0.314 e. The van der Waals surface area contributed by atoms with Crippen molar-refractivity contribution in [3.8, 4) is 0 Å². The Morgan fingerprint density at radius 1 is 1.00 bits per heavy atom. The predicted octanol–water partition coefficient (Wildman–Crippen LogP) is 3.89. The first-order valence-corrected chi connectivity index (χ1v) is 8.40. The Hall–Kier alpha value is -1.51. The summed E-state index contributed by atoms with van der Waals surface area (Å²) in [4.78, 5) is 11.7. The van der Waals surface area contributed by atoms with Crippen molar-refractivity contribution in [1.29, 1.82) is 0 Å². The minimum Gasteiger partial charge on any atom is -0.338 e. The zero-order chi connectivity index (χ0) is 14.8. The van der Waals surface area contributed by atoms with Crippen LogP contribution in [0.2, 0.25) is 0 Å². The van der Waals surface area contributed by atoms with Gasteiger partial charge in [0.2, 0.25) is 0 Å². The van der Waals surface area contributed by atoms with Gasteiger partial charge in [-0.3, -0.25) is 0 Å². The Balaban J connectivity index is 1.47. The zero-order valence-electron chi connectivity index (χ0n) is 12.9. The van der Waals surface area contributed by atoms with Crippen LogP contribution in [-0.2, 0) is 6.42 Å². The smallest absolute Gasteiger partial charge is 0.314 e. The normalized spacial score (nSPS) is 15.6. The number of urea groups is 1. The summed E-state index contributed by atoms with van der Waals surface area (Å²) in [5.74, 6) is 0.904. The summed E-state index contributed by atoms with van der Waals surface area (Å²) >= 11 is 0. The summed E-state index contributed by atoms with van der Waals surface area (Å²) in [6.07, 6.45) is 10.3. The van der Waals surface area contributed by atoms with E-state index in [1.807, 2.05) is 18.2 Å². The first-order valence-electron chi connectivity index (χ1n) is 8.40. The fraction of sp³-hybridized carbons (Fsp3) is 0.611. The minimum atomic E-state index is -0.0328. The average Bonchev–Trinajstić information content (AvgIpc) is 2.54. The Labute approximate surface area is 128 Å². The highest BCUT2D eigenvalue weighted by Gasteiger charge is 2.12. The van der Waals surface area contributed by atoms with Crippen LogP contribution in [0.5, 0.6) is 0 Å². The van der Waals surface area contributed by atoms with Gasteiger partial charge in [-0.15, -0.1) is 0 Å². The van der Waals surface area contributed by atoms with Crippen LogP contribution in [0, 0.1) is 5.92 Å². The van der Waals surface area contributed by atoms with Gasteiger partial charge in [-0.1, -0.05) is 62.4 Å². The molecule has 0 saturated heterocycles. The molecule has 2 rings (SSSR count). The molecule has 0 aliphatic heterocycles. The van der Waals surface area contributed by atoms with Gasteiger partial charge in [-0.05, 0) is 30.7 Å². The van der Waals surface area contributed by atoms with Crippen molar-refractivity contribution < 1.29 is 4.79 Å². The molecule has 2 N–H and O–H groups in total. The number of carbonyl (C=O) groups is 1. The van der Waals surface area contributed by atoms with Crippen LogP contribution < -0.4 is 10.6 Å². The van der Waals surface area contributed by atoms with E-state index in [1.54, 1.807) is 0 Å². The third-order valence-corrected chi connectivity index (χ3v) is 4.34. The maximum absolute atomic E-state index is 11.7. The fourth-order valence-electron chi connectivity index (χ4n) is 3.10. The highest BCUT2D eigenvalue weighted by Crippen LogP contribution is 2.26. The van der Waals surface area contributed by atoms with E-state index in [0.717, 1.165) is 25.3 Å². The van der Waals surface area contributed by atoms with Gasteiger partial charge in [0.15, 0.2) is 0 Å². The van der Waals surface area contributed by atoms with Gasteiger partial charge in [0.05, 0.1) is 0 Å². The molecular weight excluding hydrogens is 260 g/mol. The lowest BCUT2D eigenvalue weighted by molar-refractivity contribution is 0.240. The molecule has 2 amide bonds. The summed E-state index contributed by atoms with van der Waals surface area (Å²) in [5.41, 5.74) is 1.26. The molecule has 0 aromatic heterocycles. The van der Waals surface area contributed by atoms with E-state index in [4.69, 9.17) is 0 Å². The number of hydrogen-bond acceptors (Lipinski definition) is 1.